The summed E-state index contributed by atoms with van der Waals surface area (Å²) in [5.74, 6) is -1.46. The third kappa shape index (κ3) is 7.30. The smallest absolute Gasteiger partial charge is 0.258 e. The Hall–Kier alpha value is -2.32. The van der Waals surface area contributed by atoms with E-state index >= 15 is 0 Å². The molecule has 1 unspecified atom stereocenters. The van der Waals surface area contributed by atoms with E-state index in [1.54, 1.807) is 6.92 Å². The van der Waals surface area contributed by atoms with E-state index in [2.05, 4.69) is 17.2 Å². The second-order valence-corrected chi connectivity index (χ2v) is 4.84. The van der Waals surface area contributed by atoms with Crippen LogP contribution in [0.25, 0.3) is 0 Å². The van der Waals surface area contributed by atoms with E-state index < -0.39 is 11.8 Å². The zero-order chi connectivity index (χ0) is 18.7. The number of amides is 3. The van der Waals surface area contributed by atoms with Crippen molar-refractivity contribution in [3.05, 3.63) is 24.4 Å². The molecule has 1 rings (SSSR count). The van der Waals surface area contributed by atoms with Crippen molar-refractivity contribution in [2.45, 2.75) is 26.9 Å². The molecule has 1 aliphatic heterocycles. The molecule has 0 saturated heterocycles. The molecule has 0 saturated carbocycles. The molecule has 0 radical (unpaired) electrons. The van der Waals surface area contributed by atoms with Gasteiger partial charge < -0.3 is 15.4 Å². The molecular formula is C16H25N3O5. The molecule has 0 aromatic heterocycles. The fourth-order valence-corrected chi connectivity index (χ4v) is 1.60. The minimum atomic E-state index is -0.514. The molecule has 1 atom stereocenters. The third-order valence-electron chi connectivity index (χ3n) is 2.95. The van der Waals surface area contributed by atoms with E-state index in [4.69, 9.17) is 4.74 Å². The van der Waals surface area contributed by atoms with E-state index in [1.165, 1.54) is 6.92 Å². The molecule has 0 aromatic carbocycles. The molecular weight excluding hydrogens is 314 g/mol. The summed E-state index contributed by atoms with van der Waals surface area (Å²) in [5.41, 5.74) is -0.0880. The number of imide groups is 1. The molecule has 2 N–H and O–H groups in total. The number of nitrogens with zero attached hydrogens (tertiary/aromatic N) is 1. The average molecular weight is 339 g/mol. The van der Waals surface area contributed by atoms with Crippen molar-refractivity contribution in [3.8, 4) is 0 Å². The van der Waals surface area contributed by atoms with Gasteiger partial charge in [0.05, 0.1) is 5.70 Å². The van der Waals surface area contributed by atoms with Gasteiger partial charge in [0.2, 0.25) is 5.91 Å². The predicted octanol–water partition coefficient (Wildman–Crippen LogP) is -0.239. The van der Waals surface area contributed by atoms with Crippen LogP contribution in [0.3, 0.4) is 0 Å². The van der Waals surface area contributed by atoms with E-state index in [-0.39, 0.29) is 23.5 Å². The number of ether oxygens (including phenoxy) is 1. The van der Waals surface area contributed by atoms with Crippen molar-refractivity contribution in [1.29, 1.82) is 0 Å². The van der Waals surface area contributed by atoms with Gasteiger partial charge in [0.1, 0.15) is 6.10 Å². The number of Topliss-reactive ketones (excluding diaryl/α,β-unsaturated/α-hetero) is 1. The predicted molar refractivity (Wildman–Crippen MR) is 88.8 cm³/mol. The number of ketones is 1. The van der Waals surface area contributed by atoms with Gasteiger partial charge in [-0.3, -0.25) is 19.2 Å². The number of allylic oxidation sites excluding steroid dienone is 1. The topological polar surface area (TPSA) is 105 Å². The molecule has 0 aromatic rings. The van der Waals surface area contributed by atoms with Crippen LogP contribution in [0.1, 0.15) is 20.8 Å². The zero-order valence-electron chi connectivity index (χ0n) is 14.5. The van der Waals surface area contributed by atoms with Gasteiger partial charge in [-0.1, -0.05) is 6.58 Å². The number of nitrogens with one attached hydrogen (secondary N) is 2. The Balaban J connectivity index is 0.000000441. The molecule has 8 nitrogen and oxygen atoms in total. The van der Waals surface area contributed by atoms with Crippen LogP contribution >= 0.6 is 0 Å². The molecule has 0 fully saturated rings. The molecule has 134 valence electrons. The summed E-state index contributed by atoms with van der Waals surface area (Å²) in [6.45, 7) is 10.2. The third-order valence-corrected chi connectivity index (χ3v) is 2.95. The normalized spacial score (nSPS) is 14.1. The first-order valence-corrected chi connectivity index (χ1v) is 7.56. The van der Waals surface area contributed by atoms with Gasteiger partial charge in [-0.15, -0.1) is 0 Å². The summed E-state index contributed by atoms with van der Waals surface area (Å²) in [6, 6.07) is 0. The first kappa shape index (κ1) is 21.7. The van der Waals surface area contributed by atoms with Crippen LogP contribution in [0.4, 0.5) is 0 Å². The van der Waals surface area contributed by atoms with E-state index in [1.807, 2.05) is 14.0 Å². The second kappa shape index (κ2) is 11.3. The lowest BCUT2D eigenvalue weighted by molar-refractivity contribution is -0.136. The fourth-order valence-electron chi connectivity index (χ4n) is 1.60. The summed E-state index contributed by atoms with van der Waals surface area (Å²) in [6.07, 6.45) is 1.87. The van der Waals surface area contributed by atoms with Crippen molar-refractivity contribution in [1.82, 2.24) is 15.5 Å². The van der Waals surface area contributed by atoms with Crippen LogP contribution in [0.2, 0.25) is 0 Å². The molecule has 1 aliphatic rings. The lowest BCUT2D eigenvalue weighted by Crippen LogP contribution is -2.37. The Morgan fingerprint density at radius 2 is 1.79 bits per heavy atom. The Morgan fingerprint density at radius 1 is 1.25 bits per heavy atom. The number of hydrogen-bond donors (Lipinski definition) is 2. The Labute approximate surface area is 141 Å². The molecule has 24 heavy (non-hydrogen) atoms. The fraction of sp³-hybridized carbons (Fsp3) is 0.500. The monoisotopic (exact) mass is 339 g/mol. The zero-order valence-corrected chi connectivity index (χ0v) is 14.5. The quantitative estimate of drug-likeness (QED) is 0.359. The van der Waals surface area contributed by atoms with Crippen molar-refractivity contribution in [3.63, 3.8) is 0 Å². The minimum Gasteiger partial charge on any atom is -0.369 e. The van der Waals surface area contributed by atoms with Crippen LogP contribution in [0.5, 0.6) is 0 Å². The molecule has 3 amide bonds. The summed E-state index contributed by atoms with van der Waals surface area (Å²) in [4.78, 5) is 44.5. The first-order chi connectivity index (χ1) is 11.3. The lowest BCUT2D eigenvalue weighted by atomic mass is 10.3. The maximum atomic E-state index is 11.1. The van der Waals surface area contributed by atoms with Crippen LogP contribution in [0, 0.1) is 0 Å². The Kier molecular flexibility index (Phi) is 10.2. The number of rotatable bonds is 8. The summed E-state index contributed by atoms with van der Waals surface area (Å²) in [7, 11) is 1.85. The summed E-state index contributed by atoms with van der Waals surface area (Å²) >= 11 is 0. The maximum Gasteiger partial charge on any atom is 0.258 e. The minimum absolute atomic E-state index is 0.0490. The van der Waals surface area contributed by atoms with Crippen LogP contribution in [-0.2, 0) is 23.9 Å². The van der Waals surface area contributed by atoms with Gasteiger partial charge in [0.25, 0.3) is 11.8 Å². The van der Waals surface area contributed by atoms with E-state index in [0.29, 0.717) is 13.2 Å². The molecule has 0 aliphatic carbocycles. The highest BCUT2D eigenvalue weighted by Gasteiger charge is 2.27. The van der Waals surface area contributed by atoms with Crippen molar-refractivity contribution in [2.75, 3.05) is 26.7 Å². The van der Waals surface area contributed by atoms with Crippen LogP contribution in [0.15, 0.2) is 24.4 Å². The summed E-state index contributed by atoms with van der Waals surface area (Å²) in [5, 5.41) is 5.68. The van der Waals surface area contributed by atoms with Gasteiger partial charge in [-0.05, 0) is 20.9 Å². The van der Waals surface area contributed by atoms with Gasteiger partial charge in [-0.25, -0.2) is 4.90 Å². The first-order valence-electron chi connectivity index (χ1n) is 7.56. The van der Waals surface area contributed by atoms with Gasteiger partial charge in [-0.2, -0.15) is 0 Å². The Morgan fingerprint density at radius 3 is 2.21 bits per heavy atom. The number of hydrogen-bond acceptors (Lipinski definition) is 6. The standard InChI is InChI=1S/C8H18N2O2.C8H7NO3/c1-4-12-7(2)8(11)10-6-5-9-3;1-5(6(2)10)9-7(11)3-4-8(9)12/h7,9H,4-6H2,1-3H3,(H,10,11);3-4H,1H2,2H3. The SMILES string of the molecule is C=C(C(C)=O)N1C(=O)C=CC1=O.CCOC(C)C(=O)NCCNC. The molecule has 0 spiro atoms. The molecule has 0 bridgehead atoms. The summed E-state index contributed by atoms with van der Waals surface area (Å²) < 4.78 is 5.10. The van der Waals surface area contributed by atoms with E-state index in [9.17, 15) is 19.2 Å². The van der Waals surface area contributed by atoms with Crippen LogP contribution < -0.4 is 10.6 Å². The van der Waals surface area contributed by atoms with E-state index in [0.717, 1.165) is 23.6 Å². The number of likely N-dealkylation sites (N-methyl/N-ethyl adjacent to an activating group) is 1. The van der Waals surface area contributed by atoms with Crippen LogP contribution in [-0.4, -0.2) is 61.3 Å². The highest BCUT2D eigenvalue weighted by molar-refractivity contribution is 6.17. The Bertz CT molecular complexity index is 510. The number of carbonyl (C=O) groups is 4. The highest BCUT2D eigenvalue weighted by atomic mass is 16.5. The van der Waals surface area contributed by atoms with Gasteiger partial charge in [0.15, 0.2) is 5.78 Å². The molecule has 1 heterocycles. The average Bonchev–Trinajstić information content (AvgIpc) is 2.86. The van der Waals surface area contributed by atoms with Crippen molar-refractivity contribution >= 4 is 23.5 Å². The highest BCUT2D eigenvalue weighted by Crippen LogP contribution is 2.10. The largest absolute Gasteiger partial charge is 0.369 e. The second-order valence-electron chi connectivity index (χ2n) is 4.84. The lowest BCUT2D eigenvalue weighted by Gasteiger charge is -2.13. The van der Waals surface area contributed by atoms with Gasteiger partial charge in [0, 0.05) is 38.8 Å². The van der Waals surface area contributed by atoms with Gasteiger partial charge >= 0.3 is 0 Å². The maximum absolute atomic E-state index is 11.1. The van der Waals surface area contributed by atoms with Crippen molar-refractivity contribution < 1.29 is 23.9 Å². The molecule has 8 heteroatoms. The van der Waals surface area contributed by atoms with Crippen molar-refractivity contribution in [2.24, 2.45) is 0 Å². The number of carbonyl (C=O) groups excluding carboxylic acids is 4.